The van der Waals surface area contributed by atoms with Crippen molar-refractivity contribution in [2.75, 3.05) is 6.54 Å². The topological polar surface area (TPSA) is 43.8 Å². The van der Waals surface area contributed by atoms with Crippen LogP contribution in [-0.2, 0) is 6.54 Å². The quantitative estimate of drug-likeness (QED) is 0.742. The van der Waals surface area contributed by atoms with Gasteiger partial charge in [-0.25, -0.2) is 4.39 Å². The Kier molecular flexibility index (Phi) is 2.81. The van der Waals surface area contributed by atoms with Crippen LogP contribution >= 0.6 is 0 Å². The minimum Gasteiger partial charge on any atom is -0.327 e. The van der Waals surface area contributed by atoms with Gasteiger partial charge in [0.2, 0.25) is 0 Å². The third-order valence-corrected chi connectivity index (χ3v) is 1.88. The number of alkyl halides is 1. The average Bonchev–Trinajstić information content (AvgIpc) is 2.45. The van der Waals surface area contributed by atoms with Crippen LogP contribution in [0.1, 0.15) is 24.4 Å². The van der Waals surface area contributed by atoms with Crippen molar-refractivity contribution in [1.82, 2.24) is 9.78 Å². The Morgan fingerprint density at radius 1 is 1.75 bits per heavy atom. The van der Waals surface area contributed by atoms with Gasteiger partial charge in [0.1, 0.15) is 0 Å². The fourth-order valence-corrected chi connectivity index (χ4v) is 1.26. The largest absolute Gasteiger partial charge is 0.327 e. The molecule has 0 fully saturated rings. The molecule has 3 nitrogen and oxygen atoms in total. The van der Waals surface area contributed by atoms with E-state index in [2.05, 4.69) is 5.10 Å². The number of nitrogens with two attached hydrogens (primary N) is 1. The maximum Gasteiger partial charge on any atom is 0.154 e. The Hall–Kier alpha value is -0.900. The molecule has 0 aromatic carbocycles. The van der Waals surface area contributed by atoms with Gasteiger partial charge in [0, 0.05) is 13.1 Å². The summed E-state index contributed by atoms with van der Waals surface area (Å²) >= 11 is 0. The van der Waals surface area contributed by atoms with Crippen LogP contribution in [0.3, 0.4) is 0 Å². The molecule has 0 aliphatic heterocycles. The van der Waals surface area contributed by atoms with Crippen molar-refractivity contribution in [3.05, 3.63) is 17.5 Å². The molecule has 0 spiro atoms. The number of halogens is 1. The second-order valence-corrected chi connectivity index (χ2v) is 2.73. The van der Waals surface area contributed by atoms with Crippen LogP contribution in [0.15, 0.2) is 6.20 Å². The molecule has 1 heterocycles. The van der Waals surface area contributed by atoms with E-state index in [0.29, 0.717) is 12.2 Å². The van der Waals surface area contributed by atoms with E-state index in [1.165, 1.54) is 0 Å². The molecule has 1 aromatic heterocycles. The predicted molar refractivity (Wildman–Crippen MR) is 45.5 cm³/mol. The van der Waals surface area contributed by atoms with E-state index in [4.69, 9.17) is 5.73 Å². The first kappa shape index (κ1) is 9.19. The molecule has 0 aliphatic carbocycles. The molecule has 0 saturated heterocycles. The van der Waals surface area contributed by atoms with Crippen molar-refractivity contribution in [2.45, 2.75) is 26.6 Å². The Bertz CT molecular complexity index is 257. The second kappa shape index (κ2) is 3.67. The van der Waals surface area contributed by atoms with E-state index in [0.717, 1.165) is 5.56 Å². The van der Waals surface area contributed by atoms with Gasteiger partial charge < -0.3 is 5.73 Å². The van der Waals surface area contributed by atoms with Crippen LogP contribution in [0.5, 0.6) is 0 Å². The molecule has 1 atom stereocenters. The lowest BCUT2D eigenvalue weighted by Gasteiger charge is -2.08. The molecule has 0 amide bonds. The van der Waals surface area contributed by atoms with E-state index >= 15 is 0 Å². The predicted octanol–water partition coefficient (Wildman–Crippen LogP) is 1.18. The SMILES string of the molecule is CCn1ncc(C)c1C(F)CN. The maximum atomic E-state index is 13.2. The molecule has 0 radical (unpaired) electrons. The van der Waals surface area contributed by atoms with Gasteiger partial charge in [-0.3, -0.25) is 4.68 Å². The van der Waals surface area contributed by atoms with E-state index in [1.807, 2.05) is 13.8 Å². The molecular weight excluding hydrogens is 157 g/mol. The van der Waals surface area contributed by atoms with Crippen LogP contribution in [-0.4, -0.2) is 16.3 Å². The van der Waals surface area contributed by atoms with Gasteiger partial charge in [-0.2, -0.15) is 5.10 Å². The zero-order valence-corrected chi connectivity index (χ0v) is 7.42. The van der Waals surface area contributed by atoms with Crippen molar-refractivity contribution in [3.8, 4) is 0 Å². The van der Waals surface area contributed by atoms with Crippen molar-refractivity contribution in [3.63, 3.8) is 0 Å². The molecule has 2 N–H and O–H groups in total. The molecule has 4 heteroatoms. The lowest BCUT2D eigenvalue weighted by molar-refractivity contribution is 0.328. The van der Waals surface area contributed by atoms with E-state index in [1.54, 1.807) is 10.9 Å². The maximum absolute atomic E-state index is 13.2. The molecule has 0 bridgehead atoms. The molecule has 1 unspecified atom stereocenters. The first-order chi connectivity index (χ1) is 5.70. The number of hydrogen-bond acceptors (Lipinski definition) is 2. The van der Waals surface area contributed by atoms with Crippen molar-refractivity contribution in [1.29, 1.82) is 0 Å². The van der Waals surface area contributed by atoms with Gasteiger partial charge in [-0.15, -0.1) is 0 Å². The lowest BCUT2D eigenvalue weighted by Crippen LogP contribution is -2.14. The van der Waals surface area contributed by atoms with Gasteiger partial charge in [0.15, 0.2) is 6.17 Å². The Balaban J connectivity index is 3.01. The van der Waals surface area contributed by atoms with Crippen molar-refractivity contribution < 1.29 is 4.39 Å². The molecule has 1 rings (SSSR count). The standard InChI is InChI=1S/C8H14FN3/c1-3-12-8(7(9)4-10)6(2)5-11-12/h5,7H,3-4,10H2,1-2H3. The van der Waals surface area contributed by atoms with E-state index in [-0.39, 0.29) is 6.54 Å². The van der Waals surface area contributed by atoms with Crippen molar-refractivity contribution in [2.24, 2.45) is 5.73 Å². The molecule has 0 aliphatic rings. The monoisotopic (exact) mass is 171 g/mol. The van der Waals surface area contributed by atoms with Crippen LogP contribution in [0.25, 0.3) is 0 Å². The highest BCUT2D eigenvalue weighted by molar-refractivity contribution is 5.18. The third-order valence-electron chi connectivity index (χ3n) is 1.88. The Morgan fingerprint density at radius 3 is 2.92 bits per heavy atom. The summed E-state index contributed by atoms with van der Waals surface area (Å²) in [6.07, 6.45) is 0.577. The first-order valence-electron chi connectivity index (χ1n) is 4.07. The second-order valence-electron chi connectivity index (χ2n) is 2.73. The van der Waals surface area contributed by atoms with Crippen molar-refractivity contribution >= 4 is 0 Å². The highest BCUT2D eigenvalue weighted by Gasteiger charge is 2.15. The van der Waals surface area contributed by atoms with Crippen LogP contribution < -0.4 is 5.73 Å². The Labute approximate surface area is 71.4 Å². The lowest BCUT2D eigenvalue weighted by atomic mass is 10.2. The van der Waals surface area contributed by atoms with Gasteiger partial charge in [-0.05, 0) is 19.4 Å². The molecule has 0 saturated carbocycles. The summed E-state index contributed by atoms with van der Waals surface area (Å²) in [6.45, 7) is 4.48. The van der Waals surface area contributed by atoms with E-state index in [9.17, 15) is 4.39 Å². The van der Waals surface area contributed by atoms with Gasteiger partial charge >= 0.3 is 0 Å². The van der Waals surface area contributed by atoms with E-state index < -0.39 is 6.17 Å². The first-order valence-corrected chi connectivity index (χ1v) is 4.07. The summed E-state index contributed by atoms with van der Waals surface area (Å²) in [5, 5.41) is 4.02. The van der Waals surface area contributed by atoms with Crippen LogP contribution in [0.4, 0.5) is 4.39 Å². The van der Waals surface area contributed by atoms with Crippen LogP contribution in [0.2, 0.25) is 0 Å². The average molecular weight is 171 g/mol. The summed E-state index contributed by atoms with van der Waals surface area (Å²) in [5.74, 6) is 0. The van der Waals surface area contributed by atoms with Gasteiger partial charge in [0.25, 0.3) is 0 Å². The molecule has 1 aromatic rings. The fraction of sp³-hybridized carbons (Fsp3) is 0.625. The molecule has 68 valence electrons. The summed E-state index contributed by atoms with van der Waals surface area (Å²) < 4.78 is 14.9. The highest BCUT2D eigenvalue weighted by Crippen LogP contribution is 2.19. The number of aromatic nitrogens is 2. The summed E-state index contributed by atoms with van der Waals surface area (Å²) in [6, 6.07) is 0. The fourth-order valence-electron chi connectivity index (χ4n) is 1.26. The van der Waals surface area contributed by atoms with Gasteiger partial charge in [-0.1, -0.05) is 0 Å². The molecule has 12 heavy (non-hydrogen) atoms. The summed E-state index contributed by atoms with van der Waals surface area (Å²) in [7, 11) is 0. The smallest absolute Gasteiger partial charge is 0.154 e. The summed E-state index contributed by atoms with van der Waals surface area (Å²) in [5.41, 5.74) is 6.72. The minimum absolute atomic E-state index is 0.0204. The summed E-state index contributed by atoms with van der Waals surface area (Å²) in [4.78, 5) is 0. The number of hydrogen-bond donors (Lipinski definition) is 1. The Morgan fingerprint density at radius 2 is 2.42 bits per heavy atom. The number of rotatable bonds is 3. The zero-order valence-electron chi connectivity index (χ0n) is 7.42. The van der Waals surface area contributed by atoms with Gasteiger partial charge in [0.05, 0.1) is 11.9 Å². The third kappa shape index (κ3) is 1.48. The minimum atomic E-state index is -1.09. The molecular formula is C8H14FN3. The number of nitrogens with zero attached hydrogens (tertiary/aromatic N) is 2. The number of aryl methyl sites for hydroxylation is 2. The normalized spacial score (nSPS) is 13.3. The zero-order chi connectivity index (χ0) is 9.14. The van der Waals surface area contributed by atoms with Crippen LogP contribution in [0, 0.1) is 6.92 Å². The highest BCUT2D eigenvalue weighted by atomic mass is 19.1.